The van der Waals surface area contributed by atoms with Gasteiger partial charge in [-0.05, 0) is 30.5 Å². The van der Waals surface area contributed by atoms with E-state index in [1.807, 2.05) is 0 Å². The van der Waals surface area contributed by atoms with Gasteiger partial charge in [0.15, 0.2) is 0 Å². The molecule has 0 bridgehead atoms. The normalized spacial score (nSPS) is 16.7. The molecule has 16 heavy (non-hydrogen) atoms. The predicted octanol–water partition coefficient (Wildman–Crippen LogP) is 3.29. The Labute approximate surface area is 106 Å². The number of halogens is 1. The number of benzene rings is 1. The first-order valence-electron chi connectivity index (χ1n) is 5.93. The zero-order valence-corrected chi connectivity index (χ0v) is 11.3. The fourth-order valence-electron chi connectivity index (χ4n) is 2.42. The van der Waals surface area contributed by atoms with E-state index in [-0.39, 0.29) is 0 Å². The summed E-state index contributed by atoms with van der Waals surface area (Å²) in [5.41, 5.74) is 8.11. The standard InChI is InChI=1S/C13H19BrN2/c1-16(11-4-2-3-5-11)12-7-6-10(9-15)13(14)8-12/h6-8,11H,2-5,9,15H2,1H3. The number of hydrogen-bond donors (Lipinski definition) is 1. The maximum Gasteiger partial charge on any atom is 0.0377 e. The monoisotopic (exact) mass is 282 g/mol. The van der Waals surface area contributed by atoms with Gasteiger partial charge in [0.2, 0.25) is 0 Å². The lowest BCUT2D eigenvalue weighted by molar-refractivity contribution is 0.653. The molecule has 2 N–H and O–H groups in total. The van der Waals surface area contributed by atoms with Crippen molar-refractivity contribution in [1.82, 2.24) is 0 Å². The maximum absolute atomic E-state index is 5.66. The van der Waals surface area contributed by atoms with Crippen LogP contribution in [0.2, 0.25) is 0 Å². The maximum atomic E-state index is 5.66. The van der Waals surface area contributed by atoms with Crippen LogP contribution in [0.3, 0.4) is 0 Å². The fraction of sp³-hybridized carbons (Fsp3) is 0.538. The highest BCUT2D eigenvalue weighted by Crippen LogP contribution is 2.29. The van der Waals surface area contributed by atoms with E-state index < -0.39 is 0 Å². The van der Waals surface area contributed by atoms with E-state index >= 15 is 0 Å². The molecule has 1 aromatic carbocycles. The summed E-state index contributed by atoms with van der Waals surface area (Å²) in [5.74, 6) is 0. The van der Waals surface area contributed by atoms with Crippen molar-refractivity contribution >= 4 is 21.6 Å². The third-order valence-corrected chi connectivity index (χ3v) is 4.27. The first kappa shape index (κ1) is 11.9. The summed E-state index contributed by atoms with van der Waals surface area (Å²) in [4.78, 5) is 2.40. The van der Waals surface area contributed by atoms with Gasteiger partial charge >= 0.3 is 0 Å². The molecule has 1 saturated carbocycles. The Morgan fingerprint density at radius 3 is 2.62 bits per heavy atom. The van der Waals surface area contributed by atoms with Crippen molar-refractivity contribution in [3.63, 3.8) is 0 Å². The molecule has 0 spiro atoms. The molecule has 0 amide bonds. The smallest absolute Gasteiger partial charge is 0.0377 e. The molecule has 1 aliphatic rings. The van der Waals surface area contributed by atoms with Gasteiger partial charge < -0.3 is 10.6 Å². The van der Waals surface area contributed by atoms with Gasteiger partial charge in [-0.2, -0.15) is 0 Å². The van der Waals surface area contributed by atoms with Gasteiger partial charge in [0.25, 0.3) is 0 Å². The Balaban J connectivity index is 2.16. The number of nitrogens with zero attached hydrogens (tertiary/aromatic N) is 1. The molecule has 88 valence electrons. The van der Waals surface area contributed by atoms with Crippen molar-refractivity contribution in [2.45, 2.75) is 38.3 Å². The Kier molecular flexibility index (Phi) is 3.87. The van der Waals surface area contributed by atoms with Gasteiger partial charge in [0, 0.05) is 29.8 Å². The molecule has 1 aliphatic carbocycles. The molecular weight excluding hydrogens is 264 g/mol. The van der Waals surface area contributed by atoms with Crippen LogP contribution in [0.5, 0.6) is 0 Å². The Morgan fingerprint density at radius 2 is 2.06 bits per heavy atom. The zero-order valence-electron chi connectivity index (χ0n) is 9.75. The first-order valence-corrected chi connectivity index (χ1v) is 6.73. The van der Waals surface area contributed by atoms with Crippen LogP contribution in [0.4, 0.5) is 5.69 Å². The van der Waals surface area contributed by atoms with Gasteiger partial charge in [-0.15, -0.1) is 0 Å². The molecular formula is C13H19BrN2. The Bertz CT molecular complexity index is 359. The van der Waals surface area contributed by atoms with E-state index in [0.29, 0.717) is 6.54 Å². The molecule has 1 aromatic rings. The molecule has 0 aliphatic heterocycles. The Morgan fingerprint density at radius 1 is 1.38 bits per heavy atom. The summed E-state index contributed by atoms with van der Waals surface area (Å²) in [6.45, 7) is 0.591. The fourth-order valence-corrected chi connectivity index (χ4v) is 2.95. The summed E-state index contributed by atoms with van der Waals surface area (Å²) >= 11 is 3.58. The van der Waals surface area contributed by atoms with Gasteiger partial charge in [-0.1, -0.05) is 34.8 Å². The van der Waals surface area contributed by atoms with E-state index in [1.54, 1.807) is 0 Å². The zero-order chi connectivity index (χ0) is 11.5. The van der Waals surface area contributed by atoms with Crippen LogP contribution in [-0.2, 0) is 6.54 Å². The van der Waals surface area contributed by atoms with E-state index in [4.69, 9.17) is 5.73 Å². The third-order valence-electron chi connectivity index (χ3n) is 3.54. The summed E-state index contributed by atoms with van der Waals surface area (Å²) in [6.07, 6.45) is 5.40. The second-order valence-electron chi connectivity index (χ2n) is 4.53. The average molecular weight is 283 g/mol. The molecule has 0 aromatic heterocycles. The van der Waals surface area contributed by atoms with E-state index in [9.17, 15) is 0 Å². The lowest BCUT2D eigenvalue weighted by atomic mass is 10.1. The van der Waals surface area contributed by atoms with Crippen LogP contribution < -0.4 is 10.6 Å². The molecule has 3 heteroatoms. The molecule has 0 atom stereocenters. The molecule has 2 nitrogen and oxygen atoms in total. The predicted molar refractivity (Wildman–Crippen MR) is 72.7 cm³/mol. The molecule has 0 unspecified atom stereocenters. The molecule has 0 saturated heterocycles. The lowest BCUT2D eigenvalue weighted by Gasteiger charge is -2.27. The molecule has 2 rings (SSSR count). The van der Waals surface area contributed by atoms with Gasteiger partial charge in [0.05, 0.1) is 0 Å². The number of anilines is 1. The van der Waals surface area contributed by atoms with Gasteiger partial charge in [0.1, 0.15) is 0 Å². The minimum atomic E-state index is 0.591. The van der Waals surface area contributed by atoms with Crippen molar-refractivity contribution in [2.75, 3.05) is 11.9 Å². The average Bonchev–Trinajstić information content (AvgIpc) is 2.81. The quantitative estimate of drug-likeness (QED) is 0.922. The summed E-state index contributed by atoms with van der Waals surface area (Å²) < 4.78 is 1.12. The highest BCUT2D eigenvalue weighted by Gasteiger charge is 2.20. The SMILES string of the molecule is CN(c1ccc(CN)c(Br)c1)C1CCCC1. The largest absolute Gasteiger partial charge is 0.372 e. The van der Waals surface area contributed by atoms with Crippen LogP contribution in [0.15, 0.2) is 22.7 Å². The molecule has 0 radical (unpaired) electrons. The van der Waals surface area contributed by atoms with Crippen molar-refractivity contribution in [3.8, 4) is 0 Å². The second kappa shape index (κ2) is 5.19. The van der Waals surface area contributed by atoms with Crippen LogP contribution >= 0.6 is 15.9 Å². The number of rotatable bonds is 3. The van der Waals surface area contributed by atoms with Gasteiger partial charge in [-0.25, -0.2) is 0 Å². The topological polar surface area (TPSA) is 29.3 Å². The number of hydrogen-bond acceptors (Lipinski definition) is 2. The summed E-state index contributed by atoms with van der Waals surface area (Å²) in [5, 5.41) is 0. The van der Waals surface area contributed by atoms with E-state index in [2.05, 4.69) is 46.1 Å². The van der Waals surface area contributed by atoms with Crippen molar-refractivity contribution in [3.05, 3.63) is 28.2 Å². The van der Waals surface area contributed by atoms with Gasteiger partial charge in [-0.3, -0.25) is 0 Å². The number of nitrogens with two attached hydrogens (primary N) is 1. The Hall–Kier alpha value is -0.540. The summed E-state index contributed by atoms with van der Waals surface area (Å²) in [7, 11) is 2.19. The lowest BCUT2D eigenvalue weighted by Crippen LogP contribution is -2.28. The molecule has 0 heterocycles. The van der Waals surface area contributed by atoms with Crippen LogP contribution in [0, 0.1) is 0 Å². The van der Waals surface area contributed by atoms with E-state index in [0.717, 1.165) is 10.5 Å². The minimum Gasteiger partial charge on any atom is -0.372 e. The van der Waals surface area contributed by atoms with E-state index in [1.165, 1.54) is 36.9 Å². The highest BCUT2D eigenvalue weighted by atomic mass is 79.9. The highest BCUT2D eigenvalue weighted by molar-refractivity contribution is 9.10. The third kappa shape index (κ3) is 2.41. The van der Waals surface area contributed by atoms with Crippen molar-refractivity contribution in [1.29, 1.82) is 0 Å². The summed E-state index contributed by atoms with van der Waals surface area (Å²) in [6, 6.07) is 7.19. The van der Waals surface area contributed by atoms with Crippen LogP contribution in [0.25, 0.3) is 0 Å². The van der Waals surface area contributed by atoms with Crippen molar-refractivity contribution in [2.24, 2.45) is 5.73 Å². The van der Waals surface area contributed by atoms with Crippen molar-refractivity contribution < 1.29 is 0 Å². The van der Waals surface area contributed by atoms with Crippen LogP contribution in [-0.4, -0.2) is 13.1 Å². The second-order valence-corrected chi connectivity index (χ2v) is 5.38. The first-order chi connectivity index (χ1) is 7.72. The minimum absolute atomic E-state index is 0.591. The van der Waals surface area contributed by atoms with Crippen LogP contribution in [0.1, 0.15) is 31.2 Å². The molecule has 1 fully saturated rings.